The molecule has 1 aromatic heterocycles. The number of ether oxygens (including phenoxy) is 1. The summed E-state index contributed by atoms with van der Waals surface area (Å²) in [6.07, 6.45) is 1.81. The lowest BCUT2D eigenvalue weighted by molar-refractivity contribution is 0.122. The first-order chi connectivity index (χ1) is 12.7. The van der Waals surface area contributed by atoms with Crippen LogP contribution < -0.4 is 10.2 Å². The van der Waals surface area contributed by atoms with Gasteiger partial charge in [-0.2, -0.15) is 0 Å². The third-order valence-corrected chi connectivity index (χ3v) is 5.41. The van der Waals surface area contributed by atoms with E-state index in [0.29, 0.717) is 13.2 Å². The maximum atomic E-state index is 5.41. The Balaban J connectivity index is 1.56. The number of rotatable bonds is 8. The lowest BCUT2D eigenvalue weighted by Gasteiger charge is -2.29. The highest BCUT2D eigenvalue weighted by atomic mass is 32.1. The molecule has 0 saturated carbocycles. The minimum absolute atomic E-state index is 0.663. The van der Waals surface area contributed by atoms with Gasteiger partial charge in [0.2, 0.25) is 5.13 Å². The molecule has 1 N–H and O–H groups in total. The highest BCUT2D eigenvalue weighted by molar-refractivity contribution is 7.73. The van der Waals surface area contributed by atoms with Crippen molar-refractivity contribution in [3.63, 3.8) is 0 Å². The molecule has 0 spiro atoms. The maximum Gasteiger partial charge on any atom is 0.204 e. The second kappa shape index (κ2) is 9.27. The van der Waals surface area contributed by atoms with Crippen LogP contribution in [-0.2, 0) is 18.0 Å². The molecule has 0 radical (unpaired) electrons. The highest BCUT2D eigenvalue weighted by Gasteiger charge is 2.11. The quantitative estimate of drug-likeness (QED) is 0.551. The molecule has 2 heterocycles. The van der Waals surface area contributed by atoms with E-state index in [1.54, 1.807) is 0 Å². The topological polar surface area (TPSA) is 45.6 Å². The van der Waals surface area contributed by atoms with E-state index in [2.05, 4.69) is 58.1 Å². The van der Waals surface area contributed by atoms with Crippen molar-refractivity contribution in [3.8, 4) is 0 Å². The van der Waals surface area contributed by atoms with Gasteiger partial charge in [-0.1, -0.05) is 29.5 Å². The van der Waals surface area contributed by atoms with Gasteiger partial charge in [0.25, 0.3) is 0 Å². The molecule has 3 rings (SSSR count). The van der Waals surface area contributed by atoms with Crippen LogP contribution in [0.1, 0.15) is 5.56 Å². The summed E-state index contributed by atoms with van der Waals surface area (Å²) in [6.45, 7) is 9.44. The van der Waals surface area contributed by atoms with Gasteiger partial charge in [-0.15, -0.1) is 11.7 Å². The molecule has 140 valence electrons. The Kier molecular flexibility index (Phi) is 6.79. The van der Waals surface area contributed by atoms with E-state index in [1.165, 1.54) is 22.6 Å². The molecule has 1 fully saturated rings. The summed E-state index contributed by atoms with van der Waals surface area (Å²) in [5.74, 6) is 0. The molecule has 0 atom stereocenters. The van der Waals surface area contributed by atoms with Crippen molar-refractivity contribution in [2.24, 2.45) is 0 Å². The van der Waals surface area contributed by atoms with E-state index in [4.69, 9.17) is 17.0 Å². The Morgan fingerprint density at radius 3 is 2.77 bits per heavy atom. The molecule has 0 bridgehead atoms. The lowest BCUT2D eigenvalue weighted by atomic mass is 10.2. The number of hydrogen-bond acceptors (Lipinski definition) is 7. The first kappa shape index (κ1) is 19.0. The van der Waals surface area contributed by atoms with Gasteiger partial charge in [-0.3, -0.25) is 4.90 Å². The molecule has 8 heteroatoms. The largest absolute Gasteiger partial charge is 0.378 e. The molecule has 0 unspecified atom stereocenters. The molecular formula is C18H25N5OS2. The van der Waals surface area contributed by atoms with Crippen LogP contribution in [0, 0.1) is 3.95 Å². The fraction of sp³-hybridized carbons (Fsp3) is 0.444. The molecule has 1 aliphatic rings. The van der Waals surface area contributed by atoms with Crippen LogP contribution in [-0.4, -0.2) is 54.6 Å². The summed E-state index contributed by atoms with van der Waals surface area (Å²) < 4.78 is 8.04. The summed E-state index contributed by atoms with van der Waals surface area (Å²) >= 11 is 6.89. The second-order valence-corrected chi connectivity index (χ2v) is 7.89. The molecular weight excluding hydrogens is 366 g/mol. The van der Waals surface area contributed by atoms with Crippen molar-refractivity contribution in [2.45, 2.75) is 13.2 Å². The Morgan fingerprint density at radius 1 is 1.35 bits per heavy atom. The van der Waals surface area contributed by atoms with Gasteiger partial charge in [0.1, 0.15) is 0 Å². The summed E-state index contributed by atoms with van der Waals surface area (Å²) in [5, 5.41) is 8.53. The van der Waals surface area contributed by atoms with Gasteiger partial charge in [-0.05, 0) is 37.0 Å². The van der Waals surface area contributed by atoms with Crippen LogP contribution in [0.5, 0.6) is 0 Å². The Hall–Kier alpha value is -1.74. The number of nitrogens with zero attached hydrogens (tertiary/aromatic N) is 4. The van der Waals surface area contributed by atoms with Crippen LogP contribution >= 0.6 is 23.6 Å². The minimum Gasteiger partial charge on any atom is -0.378 e. The van der Waals surface area contributed by atoms with Gasteiger partial charge in [-0.25, -0.2) is 4.68 Å². The summed E-state index contributed by atoms with van der Waals surface area (Å²) in [5.41, 5.74) is 2.54. The molecule has 1 aromatic carbocycles. The monoisotopic (exact) mass is 391 g/mol. The summed E-state index contributed by atoms with van der Waals surface area (Å²) in [4.78, 5) is 4.57. The smallest absolute Gasteiger partial charge is 0.204 e. The number of hydrogen-bond donors (Lipinski definition) is 1. The molecule has 26 heavy (non-hydrogen) atoms. The number of benzene rings is 1. The average molecular weight is 392 g/mol. The molecule has 0 amide bonds. The van der Waals surface area contributed by atoms with E-state index in [9.17, 15) is 0 Å². The molecule has 2 aromatic rings. The SMILES string of the molecule is C=CCNc1nn(CN(C)Cc2ccc(N3CCOCC3)cc2)c(=S)s1. The first-order valence-electron chi connectivity index (χ1n) is 8.68. The normalized spacial score (nSPS) is 14.6. The van der Waals surface area contributed by atoms with Gasteiger partial charge in [0.15, 0.2) is 3.95 Å². The van der Waals surface area contributed by atoms with Crippen LogP contribution in [0.4, 0.5) is 10.8 Å². The Morgan fingerprint density at radius 2 is 2.08 bits per heavy atom. The number of aromatic nitrogens is 2. The zero-order valence-electron chi connectivity index (χ0n) is 15.1. The van der Waals surface area contributed by atoms with Crippen molar-refractivity contribution < 1.29 is 4.74 Å². The summed E-state index contributed by atoms with van der Waals surface area (Å²) in [7, 11) is 2.08. The zero-order valence-corrected chi connectivity index (χ0v) is 16.7. The van der Waals surface area contributed by atoms with Crippen molar-refractivity contribution in [3.05, 3.63) is 46.4 Å². The van der Waals surface area contributed by atoms with Crippen molar-refractivity contribution in [1.29, 1.82) is 0 Å². The van der Waals surface area contributed by atoms with Gasteiger partial charge in [0.05, 0.1) is 19.9 Å². The van der Waals surface area contributed by atoms with Crippen molar-refractivity contribution in [2.75, 3.05) is 50.1 Å². The first-order valence-corrected chi connectivity index (χ1v) is 9.91. The standard InChI is InChI=1S/C18H25N5OS2/c1-3-8-19-17-20-23(18(25)26-17)14-21(2)13-15-4-6-16(7-5-15)22-9-11-24-12-10-22/h3-7H,1,8-14H2,2H3,(H,19,20). The third kappa shape index (κ3) is 5.14. The van der Waals surface area contributed by atoms with E-state index in [0.717, 1.165) is 41.9 Å². The Bertz CT molecular complexity index is 765. The second-order valence-electron chi connectivity index (χ2n) is 6.26. The minimum atomic E-state index is 0.663. The van der Waals surface area contributed by atoms with E-state index < -0.39 is 0 Å². The predicted molar refractivity (Wildman–Crippen MR) is 111 cm³/mol. The lowest BCUT2D eigenvalue weighted by Crippen LogP contribution is -2.36. The predicted octanol–water partition coefficient (Wildman–Crippen LogP) is 3.20. The van der Waals surface area contributed by atoms with E-state index in [1.807, 2.05) is 10.8 Å². The highest BCUT2D eigenvalue weighted by Crippen LogP contribution is 2.18. The number of morpholine rings is 1. The zero-order chi connectivity index (χ0) is 18.4. The van der Waals surface area contributed by atoms with Gasteiger partial charge >= 0.3 is 0 Å². The fourth-order valence-corrected chi connectivity index (χ4v) is 3.85. The molecule has 1 aliphatic heterocycles. The van der Waals surface area contributed by atoms with Crippen LogP contribution in [0.2, 0.25) is 0 Å². The van der Waals surface area contributed by atoms with Gasteiger partial charge in [0, 0.05) is 31.9 Å². The van der Waals surface area contributed by atoms with Crippen molar-refractivity contribution >= 4 is 34.4 Å². The molecule has 0 aliphatic carbocycles. The Labute approximate surface area is 163 Å². The number of nitrogens with one attached hydrogen (secondary N) is 1. The van der Waals surface area contributed by atoms with Gasteiger partial charge < -0.3 is 15.0 Å². The molecule has 6 nitrogen and oxygen atoms in total. The third-order valence-electron chi connectivity index (χ3n) is 4.14. The summed E-state index contributed by atoms with van der Waals surface area (Å²) in [6, 6.07) is 8.78. The van der Waals surface area contributed by atoms with Crippen LogP contribution in [0.15, 0.2) is 36.9 Å². The average Bonchev–Trinajstić information content (AvgIpc) is 3.00. The molecule has 1 saturated heterocycles. The number of anilines is 2. The van der Waals surface area contributed by atoms with Crippen molar-refractivity contribution in [1.82, 2.24) is 14.7 Å². The van der Waals surface area contributed by atoms with E-state index in [-0.39, 0.29) is 0 Å². The maximum absolute atomic E-state index is 5.41. The van der Waals surface area contributed by atoms with Crippen LogP contribution in [0.3, 0.4) is 0 Å². The van der Waals surface area contributed by atoms with E-state index >= 15 is 0 Å². The fourth-order valence-electron chi connectivity index (χ4n) is 2.85. The van der Waals surface area contributed by atoms with Crippen LogP contribution in [0.25, 0.3) is 0 Å².